The van der Waals surface area contributed by atoms with Crippen molar-refractivity contribution in [3.8, 4) is 5.75 Å². The van der Waals surface area contributed by atoms with E-state index in [2.05, 4.69) is 84.9 Å². The largest absolute Gasteiger partial charge is 2.00 e. The quantitative estimate of drug-likeness (QED) is 0.243. The zero-order valence-electron chi connectivity index (χ0n) is 14.4. The van der Waals surface area contributed by atoms with Crippen LogP contribution in [0.4, 0.5) is 0 Å². The molecule has 2 heteroatoms. The van der Waals surface area contributed by atoms with Crippen LogP contribution in [-0.4, -0.2) is 5.11 Å². The van der Waals surface area contributed by atoms with Gasteiger partial charge in [-0.15, -0.1) is 59.3 Å². The summed E-state index contributed by atoms with van der Waals surface area (Å²) in [5, 5.41) is 14.0. The van der Waals surface area contributed by atoms with E-state index < -0.39 is 0 Å². The van der Waals surface area contributed by atoms with Crippen LogP contribution in [-0.2, 0) is 21.7 Å². The van der Waals surface area contributed by atoms with E-state index in [9.17, 15) is 0 Å². The van der Waals surface area contributed by atoms with Gasteiger partial charge in [0.1, 0.15) is 5.75 Å². The molecular weight excluding hydrogens is 352 g/mol. The summed E-state index contributed by atoms with van der Waals surface area (Å²) in [6.07, 6.45) is 0. The summed E-state index contributed by atoms with van der Waals surface area (Å²) in [5.74, 6) is 0.322. The topological polar surface area (TPSA) is 20.2 Å². The van der Waals surface area contributed by atoms with Crippen molar-refractivity contribution >= 4 is 21.5 Å². The molecule has 5 rings (SSSR count). The third-order valence-corrected chi connectivity index (χ3v) is 3.85. The Balaban J connectivity index is 0.000000139. The van der Waals surface area contributed by atoms with Gasteiger partial charge in [0.15, 0.2) is 0 Å². The molecule has 0 bridgehead atoms. The van der Waals surface area contributed by atoms with E-state index >= 15 is 0 Å². The normalized spacial score (nSPS) is 9.38. The number of hydrogen-bond donors (Lipinski definition) is 1. The molecule has 0 unspecified atom stereocenters. The van der Waals surface area contributed by atoms with Gasteiger partial charge in [0.05, 0.1) is 0 Å². The molecule has 0 aliphatic heterocycles. The van der Waals surface area contributed by atoms with Crippen molar-refractivity contribution in [2.24, 2.45) is 0 Å². The summed E-state index contributed by atoms with van der Waals surface area (Å²) in [5.41, 5.74) is 0. The zero-order valence-corrected chi connectivity index (χ0v) is 16.0. The van der Waals surface area contributed by atoms with Crippen LogP contribution in [0.5, 0.6) is 5.75 Å². The Morgan fingerprint density at radius 2 is 0.923 bits per heavy atom. The maximum Gasteiger partial charge on any atom is 2.00 e. The summed E-state index contributed by atoms with van der Waals surface area (Å²) < 4.78 is 0. The van der Waals surface area contributed by atoms with Crippen molar-refractivity contribution in [1.82, 2.24) is 0 Å². The van der Waals surface area contributed by atoms with Gasteiger partial charge in [-0.3, -0.25) is 0 Å². The number of hydrogen-bond acceptors (Lipinski definition) is 1. The number of phenolic OH excluding ortho intramolecular Hbond substituents is 1. The first-order valence-electron chi connectivity index (χ1n) is 8.28. The third kappa shape index (κ3) is 5.73. The van der Waals surface area contributed by atoms with Crippen molar-refractivity contribution in [3.63, 3.8) is 0 Å². The number of benzene rings is 3. The second kappa shape index (κ2) is 10.4. The Morgan fingerprint density at radius 3 is 1.31 bits per heavy atom. The predicted molar refractivity (Wildman–Crippen MR) is 107 cm³/mol. The molecule has 0 saturated heterocycles. The SMILES string of the molecule is Oc1ccccc1.[Ti+2].c1ccc2[cH-]ccc2c1.c1ccc2[cH-]ccc2c1. The van der Waals surface area contributed by atoms with E-state index in [0.717, 1.165) is 0 Å². The molecule has 1 N–H and O–H groups in total. The minimum Gasteiger partial charge on any atom is -0.508 e. The Bertz CT molecular complexity index is 885. The fourth-order valence-corrected chi connectivity index (χ4v) is 2.57. The smallest absolute Gasteiger partial charge is 0.508 e. The van der Waals surface area contributed by atoms with E-state index in [1.165, 1.54) is 21.5 Å². The summed E-state index contributed by atoms with van der Waals surface area (Å²) in [6, 6.07) is 38.1. The third-order valence-electron chi connectivity index (χ3n) is 3.85. The van der Waals surface area contributed by atoms with Gasteiger partial charge in [0, 0.05) is 0 Å². The van der Waals surface area contributed by atoms with Crippen LogP contribution in [0.15, 0.2) is 115 Å². The van der Waals surface area contributed by atoms with Crippen LogP contribution in [0.2, 0.25) is 0 Å². The van der Waals surface area contributed by atoms with Crippen molar-refractivity contribution in [1.29, 1.82) is 0 Å². The molecule has 0 atom stereocenters. The molecule has 0 spiro atoms. The number of phenols is 1. The molecule has 1 nitrogen and oxygen atoms in total. The van der Waals surface area contributed by atoms with Crippen molar-refractivity contribution in [2.45, 2.75) is 0 Å². The maximum absolute atomic E-state index is 8.63. The maximum atomic E-state index is 8.63. The molecular formula is C24H20OTi. The number of para-hydroxylation sites is 1. The van der Waals surface area contributed by atoms with E-state index in [1.54, 1.807) is 24.3 Å². The van der Waals surface area contributed by atoms with Crippen LogP contribution >= 0.6 is 0 Å². The summed E-state index contributed by atoms with van der Waals surface area (Å²) in [6.45, 7) is 0. The Labute approximate surface area is 169 Å². The molecule has 0 amide bonds. The van der Waals surface area contributed by atoms with Gasteiger partial charge < -0.3 is 5.11 Å². The number of aromatic hydroxyl groups is 1. The second-order valence-corrected chi connectivity index (χ2v) is 5.64. The van der Waals surface area contributed by atoms with Crippen molar-refractivity contribution < 1.29 is 26.8 Å². The fourth-order valence-electron chi connectivity index (χ4n) is 2.57. The first-order valence-corrected chi connectivity index (χ1v) is 8.28. The molecule has 5 aromatic rings. The summed E-state index contributed by atoms with van der Waals surface area (Å²) in [7, 11) is 0. The van der Waals surface area contributed by atoms with Gasteiger partial charge in [-0.2, -0.15) is 35.0 Å². The van der Waals surface area contributed by atoms with E-state index in [0.29, 0.717) is 5.75 Å². The van der Waals surface area contributed by atoms with Gasteiger partial charge in [-0.1, -0.05) is 30.3 Å². The zero-order chi connectivity index (χ0) is 17.3. The van der Waals surface area contributed by atoms with Gasteiger partial charge >= 0.3 is 21.7 Å². The molecule has 0 aliphatic rings. The first kappa shape index (κ1) is 19.7. The van der Waals surface area contributed by atoms with Crippen LogP contribution in [0.1, 0.15) is 0 Å². The molecule has 0 heterocycles. The molecule has 126 valence electrons. The number of rotatable bonds is 0. The summed E-state index contributed by atoms with van der Waals surface area (Å²) >= 11 is 0. The van der Waals surface area contributed by atoms with E-state index in [1.807, 2.05) is 6.07 Å². The molecule has 0 radical (unpaired) electrons. The van der Waals surface area contributed by atoms with Crippen LogP contribution in [0.25, 0.3) is 21.5 Å². The average molecular weight is 372 g/mol. The van der Waals surface area contributed by atoms with Crippen molar-refractivity contribution in [2.75, 3.05) is 0 Å². The Morgan fingerprint density at radius 1 is 0.500 bits per heavy atom. The van der Waals surface area contributed by atoms with E-state index in [-0.39, 0.29) is 21.7 Å². The standard InChI is InChI=1S/2C9H7.C6H6O.Ti/c2*1-2-5-9-7-3-6-8(9)4-1;7-6-4-2-1-3-5-6;/h2*1-7H;1-5,7H;/q2*-1;;+2. The molecule has 5 aromatic carbocycles. The van der Waals surface area contributed by atoms with Gasteiger partial charge in [0.2, 0.25) is 0 Å². The van der Waals surface area contributed by atoms with Gasteiger partial charge in [0.25, 0.3) is 0 Å². The van der Waals surface area contributed by atoms with Gasteiger partial charge in [-0.05, 0) is 12.1 Å². The second-order valence-electron chi connectivity index (χ2n) is 5.64. The molecule has 26 heavy (non-hydrogen) atoms. The number of fused-ring (bicyclic) bond motifs is 2. The first-order chi connectivity index (χ1) is 12.3. The van der Waals surface area contributed by atoms with Crippen molar-refractivity contribution in [3.05, 3.63) is 115 Å². The monoisotopic (exact) mass is 372 g/mol. The fraction of sp³-hybridized carbons (Fsp3) is 0. The minimum absolute atomic E-state index is 0. The van der Waals surface area contributed by atoms with Crippen LogP contribution in [0.3, 0.4) is 0 Å². The van der Waals surface area contributed by atoms with Crippen LogP contribution in [0, 0.1) is 0 Å². The molecule has 0 aromatic heterocycles. The van der Waals surface area contributed by atoms with E-state index in [4.69, 9.17) is 5.11 Å². The average Bonchev–Trinajstić information content (AvgIpc) is 3.32. The summed E-state index contributed by atoms with van der Waals surface area (Å²) in [4.78, 5) is 0. The molecule has 0 aliphatic carbocycles. The molecule has 0 fully saturated rings. The Kier molecular flexibility index (Phi) is 7.89. The molecule has 0 saturated carbocycles. The predicted octanol–water partition coefficient (Wildman–Crippen LogP) is 6.51. The minimum atomic E-state index is 0. The van der Waals surface area contributed by atoms with Gasteiger partial charge in [-0.25, -0.2) is 0 Å². The van der Waals surface area contributed by atoms with Crippen LogP contribution < -0.4 is 0 Å². The Hall–Kier alpha value is -2.61.